The molecule has 0 radical (unpaired) electrons. The molecule has 2 aromatic rings. The van der Waals surface area contributed by atoms with E-state index in [0.717, 1.165) is 16.7 Å². The number of phenolic OH excluding ortho intramolecular Hbond substituents is 2. The molecule has 0 spiro atoms. The summed E-state index contributed by atoms with van der Waals surface area (Å²) in [5.41, 5.74) is 3.65. The third-order valence-corrected chi connectivity index (χ3v) is 4.91. The zero-order valence-corrected chi connectivity index (χ0v) is 16.2. The van der Waals surface area contributed by atoms with Gasteiger partial charge in [-0.1, -0.05) is 17.7 Å². The highest BCUT2D eigenvalue weighted by atomic mass is 16.5. The fourth-order valence-electron chi connectivity index (χ4n) is 3.47. The van der Waals surface area contributed by atoms with Crippen LogP contribution in [0.15, 0.2) is 35.9 Å². The molecular formula is C22H26O5. The fraction of sp³-hybridized carbons (Fsp3) is 0.364. The van der Waals surface area contributed by atoms with Gasteiger partial charge in [-0.3, -0.25) is 0 Å². The molecule has 1 aliphatic heterocycles. The average molecular weight is 370 g/mol. The first kappa shape index (κ1) is 19.0. The van der Waals surface area contributed by atoms with Gasteiger partial charge in [0, 0.05) is 34.7 Å². The number of hydrogen-bond acceptors (Lipinski definition) is 5. The number of aromatic hydroxyl groups is 2. The summed E-state index contributed by atoms with van der Waals surface area (Å²) >= 11 is 0. The number of methoxy groups -OCH3 is 2. The topological polar surface area (TPSA) is 68.2 Å². The van der Waals surface area contributed by atoms with Crippen LogP contribution in [0.4, 0.5) is 0 Å². The molecular weight excluding hydrogens is 344 g/mol. The van der Waals surface area contributed by atoms with Crippen LogP contribution in [0.2, 0.25) is 0 Å². The Morgan fingerprint density at radius 2 is 1.93 bits per heavy atom. The van der Waals surface area contributed by atoms with E-state index in [1.807, 2.05) is 26.0 Å². The second kappa shape index (κ2) is 7.82. The maximum Gasteiger partial charge on any atom is 0.132 e. The Hall–Kier alpha value is -2.82. The number of ether oxygens (including phenoxy) is 3. The minimum absolute atomic E-state index is 0.0156. The summed E-state index contributed by atoms with van der Waals surface area (Å²) in [6.07, 6.45) is 3.30. The summed E-state index contributed by atoms with van der Waals surface area (Å²) in [6.45, 7) is 4.46. The Bertz CT molecular complexity index is 865. The molecule has 1 atom stereocenters. The zero-order valence-electron chi connectivity index (χ0n) is 16.2. The Morgan fingerprint density at radius 1 is 1.15 bits per heavy atom. The van der Waals surface area contributed by atoms with Crippen LogP contribution in [0.3, 0.4) is 0 Å². The number of allylic oxidation sites excluding steroid dienone is 2. The summed E-state index contributed by atoms with van der Waals surface area (Å²) < 4.78 is 16.7. The first-order valence-corrected chi connectivity index (χ1v) is 8.99. The van der Waals surface area contributed by atoms with Crippen molar-refractivity contribution in [2.24, 2.45) is 0 Å². The molecule has 1 unspecified atom stereocenters. The average Bonchev–Trinajstić information content (AvgIpc) is 2.65. The van der Waals surface area contributed by atoms with Crippen molar-refractivity contribution in [3.05, 3.63) is 52.6 Å². The molecule has 0 fully saturated rings. The molecule has 2 N–H and O–H groups in total. The second-order valence-electron chi connectivity index (χ2n) is 7.01. The largest absolute Gasteiger partial charge is 0.508 e. The molecule has 0 saturated heterocycles. The van der Waals surface area contributed by atoms with Gasteiger partial charge in [-0.25, -0.2) is 0 Å². The van der Waals surface area contributed by atoms with Crippen molar-refractivity contribution in [3.63, 3.8) is 0 Å². The van der Waals surface area contributed by atoms with E-state index in [1.54, 1.807) is 26.4 Å². The molecule has 27 heavy (non-hydrogen) atoms. The van der Waals surface area contributed by atoms with Gasteiger partial charge in [-0.2, -0.15) is 0 Å². The van der Waals surface area contributed by atoms with Gasteiger partial charge in [-0.15, -0.1) is 0 Å². The molecule has 1 heterocycles. The second-order valence-corrected chi connectivity index (χ2v) is 7.01. The molecule has 5 heteroatoms. The van der Waals surface area contributed by atoms with Crippen LogP contribution >= 0.6 is 0 Å². The number of phenols is 2. The predicted molar refractivity (Wildman–Crippen MR) is 104 cm³/mol. The van der Waals surface area contributed by atoms with Crippen molar-refractivity contribution in [1.82, 2.24) is 0 Å². The van der Waals surface area contributed by atoms with Crippen molar-refractivity contribution in [3.8, 4) is 28.7 Å². The van der Waals surface area contributed by atoms with Crippen molar-refractivity contribution in [1.29, 1.82) is 0 Å². The number of benzene rings is 2. The Morgan fingerprint density at radius 3 is 2.56 bits per heavy atom. The third kappa shape index (κ3) is 3.82. The van der Waals surface area contributed by atoms with Gasteiger partial charge in [0.05, 0.1) is 20.8 Å². The van der Waals surface area contributed by atoms with E-state index < -0.39 is 0 Å². The van der Waals surface area contributed by atoms with E-state index in [-0.39, 0.29) is 17.4 Å². The molecule has 0 bridgehead atoms. The molecule has 0 amide bonds. The van der Waals surface area contributed by atoms with Gasteiger partial charge >= 0.3 is 0 Å². The lowest BCUT2D eigenvalue weighted by Gasteiger charge is -2.29. The number of hydrogen-bond donors (Lipinski definition) is 2. The summed E-state index contributed by atoms with van der Waals surface area (Å²) in [7, 11) is 3.18. The standard InChI is InChI=1S/C22H26O5/c1-13(2)5-7-17-20(24)11-21-18(22(17)26-4)9-14(12-27-21)16-8-6-15(25-3)10-19(16)23/h5-6,8,10-11,14,23-24H,7,9,12H2,1-4H3. The predicted octanol–water partition coefficient (Wildman–Crippen LogP) is 4.34. The Balaban J connectivity index is 1.99. The maximum absolute atomic E-state index is 10.4. The van der Waals surface area contributed by atoms with Gasteiger partial charge in [-0.05, 0) is 32.8 Å². The first-order chi connectivity index (χ1) is 12.9. The molecule has 0 aromatic heterocycles. The molecule has 0 aliphatic carbocycles. The van der Waals surface area contributed by atoms with Crippen LogP contribution in [-0.4, -0.2) is 31.0 Å². The van der Waals surface area contributed by atoms with Crippen LogP contribution in [0.1, 0.15) is 36.5 Å². The highest BCUT2D eigenvalue weighted by Crippen LogP contribution is 2.45. The highest BCUT2D eigenvalue weighted by Gasteiger charge is 2.29. The zero-order chi connectivity index (χ0) is 19.6. The minimum atomic E-state index is -0.0156. The lowest BCUT2D eigenvalue weighted by molar-refractivity contribution is 0.252. The first-order valence-electron chi connectivity index (χ1n) is 8.99. The molecule has 2 aromatic carbocycles. The van der Waals surface area contributed by atoms with Gasteiger partial charge < -0.3 is 24.4 Å². The van der Waals surface area contributed by atoms with Crippen molar-refractivity contribution in [2.45, 2.75) is 32.6 Å². The maximum atomic E-state index is 10.4. The molecule has 0 saturated carbocycles. The van der Waals surface area contributed by atoms with Gasteiger partial charge in [0.25, 0.3) is 0 Å². The number of rotatable bonds is 5. The molecule has 5 nitrogen and oxygen atoms in total. The van der Waals surface area contributed by atoms with E-state index in [1.165, 1.54) is 5.57 Å². The van der Waals surface area contributed by atoms with Crippen LogP contribution < -0.4 is 14.2 Å². The molecule has 144 valence electrons. The summed E-state index contributed by atoms with van der Waals surface area (Å²) in [6, 6.07) is 6.97. The van der Waals surface area contributed by atoms with Crippen LogP contribution in [-0.2, 0) is 12.8 Å². The smallest absolute Gasteiger partial charge is 0.132 e. The van der Waals surface area contributed by atoms with Crippen molar-refractivity contribution >= 4 is 0 Å². The van der Waals surface area contributed by atoms with Gasteiger partial charge in [0.15, 0.2) is 0 Å². The molecule has 3 rings (SSSR count). The SMILES string of the molecule is COc1ccc(C2COc3cc(O)c(CC=C(C)C)c(OC)c3C2)c(O)c1. The van der Waals surface area contributed by atoms with Crippen LogP contribution in [0.5, 0.6) is 28.7 Å². The summed E-state index contributed by atoms with van der Waals surface area (Å²) in [5.74, 6) is 2.25. The third-order valence-electron chi connectivity index (χ3n) is 4.91. The lowest BCUT2D eigenvalue weighted by Crippen LogP contribution is -2.20. The monoisotopic (exact) mass is 370 g/mol. The van der Waals surface area contributed by atoms with E-state index >= 15 is 0 Å². The van der Waals surface area contributed by atoms with Gasteiger partial charge in [0.2, 0.25) is 0 Å². The summed E-state index contributed by atoms with van der Waals surface area (Å²) in [5, 5.41) is 20.8. The quantitative estimate of drug-likeness (QED) is 0.766. The van der Waals surface area contributed by atoms with E-state index in [2.05, 4.69) is 6.08 Å². The lowest BCUT2D eigenvalue weighted by atomic mass is 9.87. The minimum Gasteiger partial charge on any atom is -0.508 e. The van der Waals surface area contributed by atoms with Gasteiger partial charge in [0.1, 0.15) is 28.7 Å². The van der Waals surface area contributed by atoms with E-state index in [0.29, 0.717) is 36.7 Å². The van der Waals surface area contributed by atoms with Crippen LogP contribution in [0, 0.1) is 0 Å². The summed E-state index contributed by atoms with van der Waals surface area (Å²) in [4.78, 5) is 0. The van der Waals surface area contributed by atoms with Crippen molar-refractivity contribution < 1.29 is 24.4 Å². The normalized spacial score (nSPS) is 15.5. The van der Waals surface area contributed by atoms with E-state index in [4.69, 9.17) is 14.2 Å². The van der Waals surface area contributed by atoms with Crippen molar-refractivity contribution in [2.75, 3.05) is 20.8 Å². The highest BCUT2D eigenvalue weighted by molar-refractivity contribution is 5.59. The van der Waals surface area contributed by atoms with Crippen LogP contribution in [0.25, 0.3) is 0 Å². The fourth-order valence-corrected chi connectivity index (χ4v) is 3.47. The number of fused-ring (bicyclic) bond motifs is 1. The Kier molecular flexibility index (Phi) is 5.49. The van der Waals surface area contributed by atoms with E-state index in [9.17, 15) is 10.2 Å². The molecule has 1 aliphatic rings. The Labute approximate surface area is 159 Å².